The maximum Gasteiger partial charge on any atom is 0.296 e. The van der Waals surface area contributed by atoms with Crippen molar-refractivity contribution in [2.45, 2.75) is 19.9 Å². The topological polar surface area (TPSA) is 92.9 Å². The number of nitrogens with zero attached hydrogens (tertiary/aromatic N) is 2. The molecule has 0 spiro atoms. The van der Waals surface area contributed by atoms with Crippen LogP contribution in [0.25, 0.3) is 11.0 Å². The van der Waals surface area contributed by atoms with Gasteiger partial charge in [-0.25, -0.2) is 4.98 Å². The fourth-order valence-corrected chi connectivity index (χ4v) is 4.10. The highest BCUT2D eigenvalue weighted by atomic mass is 16.5. The van der Waals surface area contributed by atoms with Gasteiger partial charge in [0.25, 0.3) is 5.91 Å². The Bertz CT molecular complexity index is 1430. The number of carbonyl (C=O) groups is 1. The second-order valence-corrected chi connectivity index (χ2v) is 7.60. The van der Waals surface area contributed by atoms with E-state index in [1.807, 2.05) is 19.9 Å². The molecule has 7 heteroatoms. The minimum Gasteiger partial charge on any atom is -0.504 e. The van der Waals surface area contributed by atoms with Crippen molar-refractivity contribution in [2.75, 3.05) is 11.5 Å². The van der Waals surface area contributed by atoms with Crippen LogP contribution in [0, 0.1) is 6.92 Å². The van der Waals surface area contributed by atoms with Crippen LogP contribution in [0.1, 0.15) is 40.2 Å². The molecule has 3 heterocycles. The molecule has 1 amide bonds. The zero-order chi connectivity index (χ0) is 22.4. The fraction of sp³-hybridized carbons (Fsp3) is 0.160. The molecule has 0 fully saturated rings. The molecule has 1 N–H and O–H groups in total. The highest BCUT2D eigenvalue weighted by Crippen LogP contribution is 2.42. The van der Waals surface area contributed by atoms with E-state index in [9.17, 15) is 14.7 Å². The van der Waals surface area contributed by atoms with Gasteiger partial charge in [0.15, 0.2) is 16.9 Å². The zero-order valence-electron chi connectivity index (χ0n) is 17.5. The van der Waals surface area contributed by atoms with Gasteiger partial charge < -0.3 is 14.3 Å². The van der Waals surface area contributed by atoms with Gasteiger partial charge in [-0.3, -0.25) is 14.5 Å². The predicted octanol–water partition coefficient (Wildman–Crippen LogP) is 4.35. The van der Waals surface area contributed by atoms with E-state index in [4.69, 9.17) is 9.15 Å². The summed E-state index contributed by atoms with van der Waals surface area (Å²) in [4.78, 5) is 32.9. The summed E-state index contributed by atoms with van der Waals surface area (Å²) in [6.45, 7) is 4.07. The minimum absolute atomic E-state index is 0.00644. The quantitative estimate of drug-likeness (QED) is 0.519. The van der Waals surface area contributed by atoms with Gasteiger partial charge in [-0.15, -0.1) is 0 Å². The summed E-state index contributed by atoms with van der Waals surface area (Å²) in [5, 5.41) is 10.6. The number of aromatic nitrogens is 1. The SMILES string of the molecule is CCOc1cc([C@@H]2c3c(oc4ccccc4c3=O)C(=O)N2c2cc(C)ccn2)ccc1O. The smallest absolute Gasteiger partial charge is 0.296 e. The van der Waals surface area contributed by atoms with E-state index in [-0.39, 0.29) is 28.3 Å². The second-order valence-electron chi connectivity index (χ2n) is 7.60. The second kappa shape index (κ2) is 7.53. The molecule has 5 rings (SSSR count). The normalized spacial score (nSPS) is 15.2. The van der Waals surface area contributed by atoms with E-state index in [0.29, 0.717) is 29.0 Å². The highest BCUT2D eigenvalue weighted by Gasteiger charge is 2.44. The van der Waals surface area contributed by atoms with Crippen LogP contribution >= 0.6 is 0 Å². The summed E-state index contributed by atoms with van der Waals surface area (Å²) >= 11 is 0. The Kier molecular flexibility index (Phi) is 4.66. The third-order valence-electron chi connectivity index (χ3n) is 5.52. The molecule has 0 saturated carbocycles. The van der Waals surface area contributed by atoms with Gasteiger partial charge >= 0.3 is 0 Å². The third-order valence-corrected chi connectivity index (χ3v) is 5.52. The molecule has 4 aromatic rings. The largest absolute Gasteiger partial charge is 0.504 e. The number of para-hydroxylation sites is 1. The number of hydrogen-bond acceptors (Lipinski definition) is 6. The standard InChI is InChI=1S/C25H20N2O5/c1-3-31-19-13-15(8-9-17(19)28)22-21-23(29)16-6-4-5-7-18(16)32-24(21)25(30)27(22)20-12-14(2)10-11-26-20/h4-13,22,28H,3H2,1-2H3/t22-/m1/s1. The van der Waals surface area contributed by atoms with Crippen molar-refractivity contribution >= 4 is 22.7 Å². The number of aromatic hydroxyl groups is 1. The summed E-state index contributed by atoms with van der Waals surface area (Å²) < 4.78 is 11.5. The van der Waals surface area contributed by atoms with Crippen molar-refractivity contribution < 1.29 is 19.1 Å². The minimum atomic E-state index is -0.785. The number of rotatable bonds is 4. The van der Waals surface area contributed by atoms with Crippen molar-refractivity contribution in [1.29, 1.82) is 0 Å². The van der Waals surface area contributed by atoms with Crippen molar-refractivity contribution in [3.05, 3.63) is 93.5 Å². The number of benzene rings is 2. The van der Waals surface area contributed by atoms with Crippen LogP contribution in [0.5, 0.6) is 11.5 Å². The van der Waals surface area contributed by atoms with Gasteiger partial charge in [0.2, 0.25) is 5.76 Å². The molecule has 0 bridgehead atoms. The van der Waals surface area contributed by atoms with Crippen LogP contribution in [0.2, 0.25) is 0 Å². The Hall–Kier alpha value is -4.13. The molecule has 2 aromatic carbocycles. The molecule has 1 aliphatic rings. The molecule has 0 unspecified atom stereocenters. The molecule has 1 atom stereocenters. The van der Waals surface area contributed by atoms with Crippen LogP contribution in [0.4, 0.5) is 5.82 Å². The fourth-order valence-electron chi connectivity index (χ4n) is 4.10. The maximum atomic E-state index is 13.5. The Morgan fingerprint density at radius 3 is 2.72 bits per heavy atom. The molecule has 32 heavy (non-hydrogen) atoms. The number of aryl methyl sites for hydroxylation is 1. The predicted molar refractivity (Wildman–Crippen MR) is 119 cm³/mol. The summed E-state index contributed by atoms with van der Waals surface area (Å²) in [6, 6.07) is 14.5. The number of fused-ring (bicyclic) bond motifs is 2. The third kappa shape index (κ3) is 3.01. The first-order valence-electron chi connectivity index (χ1n) is 10.3. The number of phenolic OH excluding ortho intramolecular Hbond substituents is 1. The van der Waals surface area contributed by atoms with Crippen molar-refractivity contribution in [3.63, 3.8) is 0 Å². The lowest BCUT2D eigenvalue weighted by Crippen LogP contribution is -2.30. The molecule has 0 radical (unpaired) electrons. The Morgan fingerprint density at radius 1 is 1.12 bits per heavy atom. The number of amides is 1. The zero-order valence-corrected chi connectivity index (χ0v) is 17.5. The molecule has 2 aromatic heterocycles. The number of ether oxygens (including phenoxy) is 1. The average molecular weight is 428 g/mol. The van der Waals surface area contributed by atoms with E-state index in [1.165, 1.54) is 11.0 Å². The van der Waals surface area contributed by atoms with Gasteiger partial charge in [-0.1, -0.05) is 18.2 Å². The molecular formula is C25H20N2O5. The maximum absolute atomic E-state index is 13.5. The van der Waals surface area contributed by atoms with E-state index < -0.39 is 11.9 Å². The van der Waals surface area contributed by atoms with Gasteiger partial charge in [0.05, 0.1) is 23.6 Å². The summed E-state index contributed by atoms with van der Waals surface area (Å²) in [7, 11) is 0. The van der Waals surface area contributed by atoms with Gasteiger partial charge in [-0.05, 0) is 61.4 Å². The molecular weight excluding hydrogens is 408 g/mol. The lowest BCUT2D eigenvalue weighted by Gasteiger charge is -2.25. The van der Waals surface area contributed by atoms with E-state index >= 15 is 0 Å². The summed E-state index contributed by atoms with van der Waals surface area (Å²) in [5.74, 6) is 0.199. The van der Waals surface area contributed by atoms with E-state index in [1.54, 1.807) is 48.7 Å². The van der Waals surface area contributed by atoms with Crippen molar-refractivity contribution in [1.82, 2.24) is 4.98 Å². The van der Waals surface area contributed by atoms with Crippen molar-refractivity contribution in [3.8, 4) is 11.5 Å². The van der Waals surface area contributed by atoms with Crippen LogP contribution in [0.15, 0.2) is 70.0 Å². The molecule has 0 saturated heterocycles. The number of anilines is 1. The van der Waals surface area contributed by atoms with Crippen LogP contribution in [0.3, 0.4) is 0 Å². The summed E-state index contributed by atoms with van der Waals surface area (Å²) in [6.07, 6.45) is 1.62. The van der Waals surface area contributed by atoms with E-state index in [2.05, 4.69) is 4.98 Å². The lowest BCUT2D eigenvalue weighted by atomic mass is 9.98. The number of hydrogen-bond donors (Lipinski definition) is 1. The average Bonchev–Trinajstić information content (AvgIpc) is 3.08. The Morgan fingerprint density at radius 2 is 1.94 bits per heavy atom. The van der Waals surface area contributed by atoms with Crippen LogP contribution in [-0.4, -0.2) is 22.6 Å². The van der Waals surface area contributed by atoms with Crippen LogP contribution < -0.4 is 15.1 Å². The summed E-state index contributed by atoms with van der Waals surface area (Å²) in [5.41, 5.74) is 1.83. The Labute approximate surface area is 183 Å². The molecule has 0 aliphatic carbocycles. The Balaban J connectivity index is 1.80. The van der Waals surface area contributed by atoms with Gasteiger partial charge in [0.1, 0.15) is 11.4 Å². The molecule has 1 aliphatic heterocycles. The molecule has 7 nitrogen and oxygen atoms in total. The first-order chi connectivity index (χ1) is 15.5. The number of pyridine rings is 1. The van der Waals surface area contributed by atoms with Gasteiger partial charge in [0, 0.05) is 6.20 Å². The number of carbonyl (C=O) groups excluding carboxylic acids is 1. The van der Waals surface area contributed by atoms with Gasteiger partial charge in [-0.2, -0.15) is 0 Å². The monoisotopic (exact) mass is 428 g/mol. The van der Waals surface area contributed by atoms with Crippen LogP contribution in [-0.2, 0) is 0 Å². The lowest BCUT2D eigenvalue weighted by molar-refractivity contribution is 0.0970. The first kappa shape index (κ1) is 19.8. The molecule has 160 valence electrons. The number of phenols is 1. The van der Waals surface area contributed by atoms with Crippen molar-refractivity contribution in [2.24, 2.45) is 0 Å². The van der Waals surface area contributed by atoms with E-state index in [0.717, 1.165) is 5.56 Å². The highest BCUT2D eigenvalue weighted by molar-refractivity contribution is 6.10. The first-order valence-corrected chi connectivity index (χ1v) is 10.3.